The van der Waals surface area contributed by atoms with E-state index < -0.39 is 0 Å². The van der Waals surface area contributed by atoms with Gasteiger partial charge in [0.15, 0.2) is 5.17 Å². The molecule has 3 nitrogen and oxygen atoms in total. The summed E-state index contributed by atoms with van der Waals surface area (Å²) in [7, 11) is 0. The van der Waals surface area contributed by atoms with E-state index in [-0.39, 0.29) is 0 Å². The molecule has 0 bridgehead atoms. The zero-order valence-corrected chi connectivity index (χ0v) is 12.9. The Morgan fingerprint density at radius 3 is 3.00 bits per heavy atom. The van der Waals surface area contributed by atoms with Crippen molar-refractivity contribution in [1.82, 2.24) is 0 Å². The van der Waals surface area contributed by atoms with Crippen molar-refractivity contribution < 1.29 is 4.74 Å². The number of halogens is 1. The molecule has 0 amide bonds. The molecule has 1 aromatic rings. The van der Waals surface area contributed by atoms with Crippen molar-refractivity contribution >= 4 is 28.5 Å². The Hall–Kier alpha value is -0.970. The van der Waals surface area contributed by atoms with Gasteiger partial charge in [0, 0.05) is 23.6 Å². The van der Waals surface area contributed by atoms with E-state index in [1.54, 1.807) is 11.8 Å². The maximum absolute atomic E-state index is 5.92. The van der Waals surface area contributed by atoms with Gasteiger partial charge < -0.3 is 10.5 Å². The highest BCUT2D eigenvalue weighted by Gasteiger charge is 2.05. The van der Waals surface area contributed by atoms with E-state index in [0.717, 1.165) is 42.2 Å². The maximum atomic E-state index is 5.92. The van der Waals surface area contributed by atoms with Gasteiger partial charge in [-0.1, -0.05) is 35.5 Å². The average Bonchev–Trinajstić information content (AvgIpc) is 2.45. The molecule has 0 spiro atoms. The number of hydrogen-bond donors (Lipinski definition) is 1. The normalized spacial score (nSPS) is 14.8. The number of thioether (sulfide) groups is 1. The number of unbranched alkanes of at least 4 members (excludes halogenated alkanes) is 1. The summed E-state index contributed by atoms with van der Waals surface area (Å²) in [5.41, 5.74) is 8.08. The van der Waals surface area contributed by atoms with Crippen LogP contribution in [0.2, 0.25) is 5.02 Å². The molecule has 5 heteroatoms. The molecule has 1 aromatic carbocycles. The Kier molecular flexibility index (Phi) is 6.43. The van der Waals surface area contributed by atoms with E-state index in [1.165, 1.54) is 5.57 Å². The van der Waals surface area contributed by atoms with Crippen molar-refractivity contribution in [1.29, 1.82) is 0 Å². The van der Waals surface area contributed by atoms with Gasteiger partial charge in [0.1, 0.15) is 0 Å². The molecule has 0 aromatic heterocycles. The lowest BCUT2D eigenvalue weighted by molar-refractivity contribution is 0.117. The molecule has 0 saturated carbocycles. The zero-order chi connectivity index (χ0) is 14.2. The molecule has 20 heavy (non-hydrogen) atoms. The van der Waals surface area contributed by atoms with Crippen molar-refractivity contribution in [3.8, 4) is 0 Å². The third kappa shape index (κ3) is 5.57. The van der Waals surface area contributed by atoms with Crippen LogP contribution in [-0.2, 0) is 11.3 Å². The van der Waals surface area contributed by atoms with Gasteiger partial charge >= 0.3 is 0 Å². The Bertz CT molecular complexity index is 502. The van der Waals surface area contributed by atoms with Crippen LogP contribution in [0.5, 0.6) is 0 Å². The number of aliphatic imine (C=N–C) groups is 1. The molecule has 2 N–H and O–H groups in total. The summed E-state index contributed by atoms with van der Waals surface area (Å²) in [4.78, 5) is 4.13. The van der Waals surface area contributed by atoms with Gasteiger partial charge in [-0.05, 0) is 42.5 Å². The molecule has 0 fully saturated rings. The van der Waals surface area contributed by atoms with Crippen LogP contribution in [0.3, 0.4) is 0 Å². The lowest BCUT2D eigenvalue weighted by atomic mass is 10.1. The SMILES string of the molecule is NC1=NC=C(CCCCOCc2cccc(Cl)c2)CS1. The number of nitrogens with zero attached hydrogens (tertiary/aromatic N) is 1. The smallest absolute Gasteiger partial charge is 0.158 e. The quantitative estimate of drug-likeness (QED) is 0.775. The molecule has 1 aliphatic heterocycles. The second kappa shape index (κ2) is 8.35. The monoisotopic (exact) mass is 310 g/mol. The molecular formula is C15H19ClN2OS. The Morgan fingerprint density at radius 1 is 1.35 bits per heavy atom. The summed E-state index contributed by atoms with van der Waals surface area (Å²) < 4.78 is 5.65. The van der Waals surface area contributed by atoms with E-state index in [4.69, 9.17) is 22.1 Å². The minimum Gasteiger partial charge on any atom is -0.378 e. The highest BCUT2D eigenvalue weighted by atomic mass is 35.5. The summed E-state index contributed by atoms with van der Waals surface area (Å²) in [5, 5.41) is 1.42. The van der Waals surface area contributed by atoms with E-state index in [0.29, 0.717) is 11.8 Å². The van der Waals surface area contributed by atoms with Crippen molar-refractivity contribution in [3.05, 3.63) is 46.6 Å². The Morgan fingerprint density at radius 2 is 2.25 bits per heavy atom. The fourth-order valence-corrected chi connectivity index (χ4v) is 2.80. The van der Waals surface area contributed by atoms with Crippen molar-refractivity contribution in [2.75, 3.05) is 12.4 Å². The summed E-state index contributed by atoms with van der Waals surface area (Å²) in [6.07, 6.45) is 5.15. The molecular weight excluding hydrogens is 292 g/mol. The number of benzene rings is 1. The van der Waals surface area contributed by atoms with Gasteiger partial charge in [-0.3, -0.25) is 0 Å². The second-order valence-corrected chi connectivity index (χ2v) is 6.12. The van der Waals surface area contributed by atoms with Crippen LogP contribution in [0.1, 0.15) is 24.8 Å². The van der Waals surface area contributed by atoms with Crippen LogP contribution in [0, 0.1) is 0 Å². The first-order valence-corrected chi connectivity index (χ1v) is 8.06. The lowest BCUT2D eigenvalue weighted by Crippen LogP contribution is -2.10. The predicted octanol–water partition coefficient (Wildman–Crippen LogP) is 3.97. The second-order valence-electron chi connectivity index (χ2n) is 4.68. The molecule has 0 saturated heterocycles. The summed E-state index contributed by atoms with van der Waals surface area (Å²) in [5.74, 6) is 0.971. The summed E-state index contributed by atoms with van der Waals surface area (Å²) in [6, 6.07) is 7.78. The third-order valence-electron chi connectivity index (χ3n) is 2.97. The van der Waals surface area contributed by atoms with E-state index in [2.05, 4.69) is 4.99 Å². The number of rotatable bonds is 7. The first kappa shape index (κ1) is 15.4. The van der Waals surface area contributed by atoms with Gasteiger partial charge in [-0.2, -0.15) is 0 Å². The number of amidine groups is 1. The largest absolute Gasteiger partial charge is 0.378 e. The molecule has 0 unspecified atom stereocenters. The van der Waals surface area contributed by atoms with E-state index in [1.807, 2.05) is 30.5 Å². The van der Waals surface area contributed by atoms with Crippen LogP contribution in [0.4, 0.5) is 0 Å². The Labute approximate surface area is 129 Å². The summed E-state index contributed by atoms with van der Waals surface area (Å²) >= 11 is 7.53. The molecule has 1 heterocycles. The summed E-state index contributed by atoms with van der Waals surface area (Å²) in [6.45, 7) is 1.40. The lowest BCUT2D eigenvalue weighted by Gasteiger charge is -2.10. The van der Waals surface area contributed by atoms with Crippen molar-refractivity contribution in [2.45, 2.75) is 25.9 Å². The van der Waals surface area contributed by atoms with Gasteiger partial charge in [-0.15, -0.1) is 0 Å². The van der Waals surface area contributed by atoms with Crippen LogP contribution in [0.25, 0.3) is 0 Å². The van der Waals surface area contributed by atoms with E-state index >= 15 is 0 Å². The highest BCUT2D eigenvalue weighted by molar-refractivity contribution is 8.14. The number of ether oxygens (including phenoxy) is 1. The predicted molar refractivity (Wildman–Crippen MR) is 87.1 cm³/mol. The topological polar surface area (TPSA) is 47.6 Å². The average molecular weight is 311 g/mol. The van der Waals surface area contributed by atoms with Crippen LogP contribution >= 0.6 is 23.4 Å². The van der Waals surface area contributed by atoms with E-state index in [9.17, 15) is 0 Å². The standard InChI is InChI=1S/C15H19ClN2OS/c16-14-6-3-5-12(8-14)10-19-7-2-1-4-13-9-18-15(17)20-11-13/h3,5-6,8-9H,1-2,4,7,10-11H2,(H2,17,18). The number of hydrogen-bond acceptors (Lipinski definition) is 4. The molecule has 1 aliphatic rings. The van der Waals surface area contributed by atoms with Gasteiger partial charge in [-0.25, -0.2) is 4.99 Å². The molecule has 0 atom stereocenters. The highest BCUT2D eigenvalue weighted by Crippen LogP contribution is 2.19. The maximum Gasteiger partial charge on any atom is 0.158 e. The fourth-order valence-electron chi connectivity index (χ4n) is 1.91. The molecule has 0 aliphatic carbocycles. The Balaban J connectivity index is 1.56. The van der Waals surface area contributed by atoms with Gasteiger partial charge in [0.05, 0.1) is 6.61 Å². The van der Waals surface area contributed by atoms with Crippen molar-refractivity contribution in [2.24, 2.45) is 10.7 Å². The zero-order valence-electron chi connectivity index (χ0n) is 11.3. The molecule has 108 valence electrons. The van der Waals surface area contributed by atoms with Crippen LogP contribution in [-0.4, -0.2) is 17.5 Å². The molecule has 2 rings (SSSR count). The third-order valence-corrected chi connectivity index (χ3v) is 4.13. The fraction of sp³-hybridized carbons (Fsp3) is 0.400. The van der Waals surface area contributed by atoms with Crippen LogP contribution < -0.4 is 5.73 Å². The first-order chi connectivity index (χ1) is 9.74. The molecule has 0 radical (unpaired) electrons. The number of nitrogens with two attached hydrogens (primary N) is 1. The minimum absolute atomic E-state index is 0.625. The first-order valence-electron chi connectivity index (χ1n) is 6.70. The van der Waals surface area contributed by atoms with Crippen molar-refractivity contribution in [3.63, 3.8) is 0 Å². The van der Waals surface area contributed by atoms with Gasteiger partial charge in [0.2, 0.25) is 0 Å². The minimum atomic E-state index is 0.625. The van der Waals surface area contributed by atoms with Gasteiger partial charge in [0.25, 0.3) is 0 Å². The van der Waals surface area contributed by atoms with Crippen LogP contribution in [0.15, 0.2) is 41.0 Å².